The van der Waals surface area contributed by atoms with E-state index in [0.717, 1.165) is 25.0 Å². The highest BCUT2D eigenvalue weighted by Gasteiger charge is 2.22. The van der Waals surface area contributed by atoms with Crippen molar-refractivity contribution < 1.29 is 23.6 Å². The lowest BCUT2D eigenvalue weighted by Gasteiger charge is -2.08. The van der Waals surface area contributed by atoms with Crippen LogP contribution in [-0.2, 0) is 0 Å². The third-order valence-electron chi connectivity index (χ3n) is 2.08. The van der Waals surface area contributed by atoms with Crippen molar-refractivity contribution in [2.45, 2.75) is 19.8 Å². The van der Waals surface area contributed by atoms with E-state index in [0.29, 0.717) is 6.61 Å². The number of benzene rings is 1. The topological polar surface area (TPSA) is 49.7 Å². The zero-order chi connectivity index (χ0) is 12.1. The molecule has 16 heavy (non-hydrogen) atoms. The minimum Gasteiger partial charge on any atom is -0.493 e. The SMILES string of the molecule is CCCCOc1cc(F)c(B(O)O)c(F)c1. The van der Waals surface area contributed by atoms with Gasteiger partial charge >= 0.3 is 7.12 Å². The Balaban J connectivity index is 2.83. The molecule has 0 amide bonds. The van der Waals surface area contributed by atoms with E-state index in [9.17, 15) is 8.78 Å². The Morgan fingerprint density at radius 2 is 1.81 bits per heavy atom. The largest absolute Gasteiger partial charge is 0.494 e. The summed E-state index contributed by atoms with van der Waals surface area (Å²) in [6.45, 7) is 2.34. The third-order valence-corrected chi connectivity index (χ3v) is 2.08. The number of rotatable bonds is 5. The van der Waals surface area contributed by atoms with Gasteiger partial charge in [-0.25, -0.2) is 8.78 Å². The minimum absolute atomic E-state index is 0.0489. The lowest BCUT2D eigenvalue weighted by molar-refractivity contribution is 0.306. The van der Waals surface area contributed by atoms with Gasteiger partial charge in [0, 0.05) is 12.1 Å². The zero-order valence-electron chi connectivity index (χ0n) is 8.91. The molecule has 0 saturated heterocycles. The van der Waals surface area contributed by atoms with Crippen LogP contribution in [-0.4, -0.2) is 23.8 Å². The second-order valence-electron chi connectivity index (χ2n) is 3.38. The molecule has 1 rings (SSSR count). The summed E-state index contributed by atoms with van der Waals surface area (Å²) in [5.74, 6) is -2.00. The second kappa shape index (κ2) is 5.82. The smallest absolute Gasteiger partial charge is 0.493 e. The van der Waals surface area contributed by atoms with Gasteiger partial charge in [0.15, 0.2) is 0 Å². The van der Waals surface area contributed by atoms with E-state index in [4.69, 9.17) is 14.8 Å². The van der Waals surface area contributed by atoms with Crippen molar-refractivity contribution in [2.24, 2.45) is 0 Å². The summed E-state index contributed by atoms with van der Waals surface area (Å²) in [7, 11) is -2.16. The molecule has 0 aliphatic carbocycles. The molecule has 0 bridgehead atoms. The van der Waals surface area contributed by atoms with Crippen LogP contribution in [0.5, 0.6) is 5.75 Å². The van der Waals surface area contributed by atoms with Crippen LogP contribution in [0.25, 0.3) is 0 Å². The van der Waals surface area contributed by atoms with Crippen LogP contribution >= 0.6 is 0 Å². The lowest BCUT2D eigenvalue weighted by Crippen LogP contribution is -2.35. The monoisotopic (exact) mass is 230 g/mol. The lowest BCUT2D eigenvalue weighted by atomic mass is 9.79. The molecule has 0 unspecified atom stereocenters. The van der Waals surface area contributed by atoms with E-state index >= 15 is 0 Å². The van der Waals surface area contributed by atoms with E-state index in [1.807, 2.05) is 6.92 Å². The summed E-state index contributed by atoms with van der Waals surface area (Å²) < 4.78 is 31.6. The average Bonchev–Trinajstić information content (AvgIpc) is 2.16. The Kier molecular flexibility index (Phi) is 4.70. The molecule has 0 atom stereocenters. The normalized spacial score (nSPS) is 10.3. The Hall–Kier alpha value is -1.14. The van der Waals surface area contributed by atoms with Crippen LogP contribution in [0.3, 0.4) is 0 Å². The fraction of sp³-hybridized carbons (Fsp3) is 0.400. The second-order valence-corrected chi connectivity index (χ2v) is 3.38. The first kappa shape index (κ1) is 12.9. The average molecular weight is 230 g/mol. The van der Waals surface area contributed by atoms with E-state index in [-0.39, 0.29) is 5.75 Å². The van der Waals surface area contributed by atoms with Gasteiger partial charge in [-0.1, -0.05) is 13.3 Å². The standard InChI is InChI=1S/C10H13BF2O3/c1-2-3-4-16-7-5-8(12)10(11(14)15)9(13)6-7/h5-6,14-15H,2-4H2,1H3. The van der Waals surface area contributed by atoms with Gasteiger partial charge in [-0.15, -0.1) is 0 Å². The van der Waals surface area contributed by atoms with Crippen LogP contribution in [0.2, 0.25) is 0 Å². The number of halogens is 2. The molecule has 2 N–H and O–H groups in total. The zero-order valence-corrected chi connectivity index (χ0v) is 8.91. The molecule has 0 radical (unpaired) electrons. The molecule has 0 saturated carbocycles. The summed E-state index contributed by atoms with van der Waals surface area (Å²) >= 11 is 0. The van der Waals surface area contributed by atoms with Gasteiger partial charge in [-0.3, -0.25) is 0 Å². The number of hydrogen-bond donors (Lipinski definition) is 2. The summed E-state index contributed by atoms with van der Waals surface area (Å²) in [5.41, 5.74) is -0.761. The molecular weight excluding hydrogens is 217 g/mol. The molecule has 1 aromatic rings. The van der Waals surface area contributed by atoms with Crippen LogP contribution in [0.4, 0.5) is 8.78 Å². The first-order valence-electron chi connectivity index (χ1n) is 5.04. The fourth-order valence-corrected chi connectivity index (χ4v) is 1.23. The van der Waals surface area contributed by atoms with Crippen LogP contribution < -0.4 is 10.2 Å². The number of ether oxygens (including phenoxy) is 1. The predicted molar refractivity (Wildman–Crippen MR) is 56.6 cm³/mol. The first-order valence-corrected chi connectivity index (χ1v) is 5.04. The molecule has 0 fully saturated rings. The molecule has 88 valence electrons. The molecule has 3 nitrogen and oxygen atoms in total. The van der Waals surface area contributed by atoms with E-state index in [1.165, 1.54) is 0 Å². The summed E-state index contributed by atoms with van der Waals surface area (Å²) in [6.07, 6.45) is 1.70. The maximum absolute atomic E-state index is 13.2. The molecule has 6 heteroatoms. The van der Waals surface area contributed by atoms with Crippen molar-refractivity contribution in [3.63, 3.8) is 0 Å². The quantitative estimate of drug-likeness (QED) is 0.581. The predicted octanol–water partition coefficient (Wildman–Crippen LogP) is 0.823. The fourth-order valence-electron chi connectivity index (χ4n) is 1.23. The van der Waals surface area contributed by atoms with E-state index < -0.39 is 24.2 Å². The van der Waals surface area contributed by atoms with Gasteiger partial charge in [0.1, 0.15) is 17.4 Å². The van der Waals surface area contributed by atoms with Crippen LogP contribution in [0, 0.1) is 11.6 Å². The van der Waals surface area contributed by atoms with E-state index in [1.54, 1.807) is 0 Å². The summed E-state index contributed by atoms with van der Waals surface area (Å²) in [6, 6.07) is 1.88. The Morgan fingerprint density at radius 1 is 1.25 bits per heavy atom. The van der Waals surface area contributed by atoms with Gasteiger partial charge in [0.2, 0.25) is 0 Å². The van der Waals surface area contributed by atoms with Crippen molar-refractivity contribution in [1.82, 2.24) is 0 Å². The van der Waals surface area contributed by atoms with Gasteiger partial charge in [-0.05, 0) is 6.42 Å². The van der Waals surface area contributed by atoms with Gasteiger partial charge in [-0.2, -0.15) is 0 Å². The Labute approximate surface area is 92.8 Å². The Bertz CT molecular complexity index is 335. The van der Waals surface area contributed by atoms with Gasteiger partial charge in [0.25, 0.3) is 0 Å². The first-order chi connectivity index (χ1) is 7.56. The van der Waals surface area contributed by atoms with Crippen molar-refractivity contribution in [1.29, 1.82) is 0 Å². The summed E-state index contributed by atoms with van der Waals surface area (Å²) in [4.78, 5) is 0. The molecule has 1 aromatic carbocycles. The minimum atomic E-state index is -2.16. The third kappa shape index (κ3) is 3.18. The molecule has 0 spiro atoms. The molecule has 0 aliphatic rings. The van der Waals surface area contributed by atoms with E-state index in [2.05, 4.69) is 0 Å². The van der Waals surface area contributed by atoms with Gasteiger partial charge in [0.05, 0.1) is 12.1 Å². The molecule has 0 aromatic heterocycles. The van der Waals surface area contributed by atoms with Gasteiger partial charge < -0.3 is 14.8 Å². The highest BCUT2D eigenvalue weighted by molar-refractivity contribution is 6.58. The highest BCUT2D eigenvalue weighted by atomic mass is 19.1. The van der Waals surface area contributed by atoms with Crippen molar-refractivity contribution in [3.8, 4) is 5.75 Å². The highest BCUT2D eigenvalue weighted by Crippen LogP contribution is 2.14. The van der Waals surface area contributed by atoms with Crippen molar-refractivity contribution >= 4 is 12.6 Å². The van der Waals surface area contributed by atoms with Crippen molar-refractivity contribution in [3.05, 3.63) is 23.8 Å². The maximum Gasteiger partial charge on any atom is 0.494 e. The number of hydrogen-bond acceptors (Lipinski definition) is 3. The van der Waals surface area contributed by atoms with Crippen LogP contribution in [0.15, 0.2) is 12.1 Å². The molecule has 0 heterocycles. The molecule has 0 aliphatic heterocycles. The molecular formula is C10H13BF2O3. The van der Waals surface area contributed by atoms with Crippen molar-refractivity contribution in [2.75, 3.05) is 6.61 Å². The maximum atomic E-state index is 13.2. The Morgan fingerprint density at radius 3 is 2.25 bits per heavy atom. The summed E-state index contributed by atoms with van der Waals surface area (Å²) in [5, 5.41) is 17.5. The van der Waals surface area contributed by atoms with Crippen LogP contribution in [0.1, 0.15) is 19.8 Å². The number of unbranched alkanes of at least 4 members (excludes halogenated alkanes) is 1.